The molecular weight excluding hydrogens is 261 g/mol. The van der Waals surface area contributed by atoms with Crippen LogP contribution in [0.1, 0.15) is 36.5 Å². The summed E-state index contributed by atoms with van der Waals surface area (Å²) in [6.45, 7) is 3.27. The Hall–Kier alpha value is -1.46. The predicted octanol–water partition coefficient (Wildman–Crippen LogP) is 1.95. The number of hydrogen-bond acceptors (Lipinski definition) is 4. The Morgan fingerprint density at radius 2 is 2.15 bits per heavy atom. The third kappa shape index (κ3) is 3.77. The van der Waals surface area contributed by atoms with Crippen LogP contribution in [0.5, 0.6) is 5.75 Å². The molecule has 2 rings (SSSR count). The average Bonchev–Trinajstić information content (AvgIpc) is 2.54. The first-order chi connectivity index (χ1) is 9.37. The van der Waals surface area contributed by atoms with Gasteiger partial charge in [-0.3, -0.25) is 9.69 Å². The quantitative estimate of drug-likeness (QED) is 0.831. The molecule has 1 aromatic rings. The molecular formula is C15H20FNO3. The monoisotopic (exact) mass is 281 g/mol. The molecule has 1 fully saturated rings. The molecule has 1 atom stereocenters. The molecule has 110 valence electrons. The highest BCUT2D eigenvalue weighted by Crippen LogP contribution is 2.23. The third-order valence-corrected chi connectivity index (χ3v) is 3.78. The number of Topliss-reactive ketones (excluding diaryl/α,β-unsaturated/α-hetero) is 1. The van der Waals surface area contributed by atoms with E-state index in [1.165, 1.54) is 6.07 Å². The van der Waals surface area contributed by atoms with Gasteiger partial charge in [-0.2, -0.15) is 0 Å². The van der Waals surface area contributed by atoms with E-state index in [1.807, 2.05) is 4.90 Å². The normalized spacial score (nSPS) is 24.4. The molecule has 0 spiro atoms. The number of phenolic OH excluding ortho intramolecular Hbond substituents is 1. The van der Waals surface area contributed by atoms with Crippen molar-refractivity contribution in [2.45, 2.75) is 31.8 Å². The molecule has 1 aromatic carbocycles. The number of ketones is 1. The number of likely N-dealkylation sites (tertiary alicyclic amines) is 1. The number of carbonyl (C=O) groups is 1. The van der Waals surface area contributed by atoms with E-state index in [1.54, 1.807) is 6.92 Å². The summed E-state index contributed by atoms with van der Waals surface area (Å²) in [5, 5.41) is 19.6. The van der Waals surface area contributed by atoms with Gasteiger partial charge in [0, 0.05) is 6.54 Å². The van der Waals surface area contributed by atoms with Crippen LogP contribution in [0.25, 0.3) is 0 Å². The molecule has 2 N–H and O–H groups in total. The fourth-order valence-corrected chi connectivity index (χ4v) is 2.50. The van der Waals surface area contributed by atoms with Crippen molar-refractivity contribution in [2.75, 3.05) is 19.6 Å². The minimum atomic E-state index is -0.682. The lowest BCUT2D eigenvalue weighted by Crippen LogP contribution is -2.32. The average molecular weight is 281 g/mol. The van der Waals surface area contributed by atoms with Crippen molar-refractivity contribution in [1.82, 2.24) is 4.90 Å². The van der Waals surface area contributed by atoms with Gasteiger partial charge in [-0.25, -0.2) is 4.39 Å². The lowest BCUT2D eigenvalue weighted by molar-refractivity contribution is 0.0444. The number of rotatable bonds is 3. The van der Waals surface area contributed by atoms with Crippen LogP contribution in [0.4, 0.5) is 4.39 Å². The van der Waals surface area contributed by atoms with Crippen LogP contribution in [-0.2, 0) is 0 Å². The minimum Gasteiger partial charge on any atom is -0.507 e. The van der Waals surface area contributed by atoms with Crippen molar-refractivity contribution in [3.8, 4) is 5.75 Å². The number of halogens is 1. The van der Waals surface area contributed by atoms with Gasteiger partial charge in [-0.15, -0.1) is 0 Å². The topological polar surface area (TPSA) is 60.8 Å². The molecule has 4 nitrogen and oxygen atoms in total. The number of phenols is 1. The molecule has 0 aliphatic carbocycles. The summed E-state index contributed by atoms with van der Waals surface area (Å²) in [5.41, 5.74) is -0.667. The molecule has 0 bridgehead atoms. The number of nitrogens with zero attached hydrogens (tertiary/aromatic N) is 1. The Balaban J connectivity index is 2.02. The van der Waals surface area contributed by atoms with E-state index in [4.69, 9.17) is 0 Å². The van der Waals surface area contributed by atoms with Gasteiger partial charge in [0.15, 0.2) is 5.78 Å². The molecule has 0 radical (unpaired) electrons. The van der Waals surface area contributed by atoms with Gasteiger partial charge in [0.1, 0.15) is 11.6 Å². The highest BCUT2D eigenvalue weighted by atomic mass is 19.1. The zero-order chi connectivity index (χ0) is 14.8. The third-order valence-electron chi connectivity index (χ3n) is 3.78. The molecule has 0 saturated carbocycles. The van der Waals surface area contributed by atoms with Crippen molar-refractivity contribution in [1.29, 1.82) is 0 Å². The maximum absolute atomic E-state index is 13.1. The largest absolute Gasteiger partial charge is 0.507 e. The van der Waals surface area contributed by atoms with Crippen molar-refractivity contribution in [3.63, 3.8) is 0 Å². The van der Waals surface area contributed by atoms with Crippen molar-refractivity contribution in [3.05, 3.63) is 29.6 Å². The fourth-order valence-electron chi connectivity index (χ4n) is 2.50. The fraction of sp³-hybridized carbons (Fsp3) is 0.533. The minimum absolute atomic E-state index is 0.0148. The van der Waals surface area contributed by atoms with Crippen LogP contribution < -0.4 is 0 Å². The first-order valence-electron chi connectivity index (χ1n) is 6.84. The highest BCUT2D eigenvalue weighted by molar-refractivity contribution is 6.00. The summed E-state index contributed by atoms with van der Waals surface area (Å²) in [5.74, 6) is -1.04. The van der Waals surface area contributed by atoms with Crippen LogP contribution in [0.2, 0.25) is 0 Å². The van der Waals surface area contributed by atoms with Gasteiger partial charge in [0.05, 0.1) is 17.7 Å². The number of aliphatic hydroxyl groups is 1. The summed E-state index contributed by atoms with van der Waals surface area (Å²) in [6.07, 6.45) is 2.13. The van der Waals surface area contributed by atoms with Gasteiger partial charge < -0.3 is 10.2 Å². The second kappa shape index (κ2) is 5.89. The summed E-state index contributed by atoms with van der Waals surface area (Å²) in [7, 11) is 0. The summed E-state index contributed by atoms with van der Waals surface area (Å²) >= 11 is 0. The van der Waals surface area contributed by atoms with Crippen molar-refractivity contribution >= 4 is 5.78 Å². The summed E-state index contributed by atoms with van der Waals surface area (Å²) in [4.78, 5) is 14.1. The first kappa shape index (κ1) is 14.9. The van der Waals surface area contributed by atoms with Crippen molar-refractivity contribution < 1.29 is 19.4 Å². The molecule has 5 heteroatoms. The molecule has 0 aromatic heterocycles. The lowest BCUT2D eigenvalue weighted by Gasteiger charge is -2.22. The highest BCUT2D eigenvalue weighted by Gasteiger charge is 2.26. The van der Waals surface area contributed by atoms with E-state index in [-0.39, 0.29) is 23.6 Å². The van der Waals surface area contributed by atoms with Crippen LogP contribution in [0, 0.1) is 5.82 Å². The van der Waals surface area contributed by atoms with Gasteiger partial charge in [-0.1, -0.05) is 0 Å². The Morgan fingerprint density at radius 1 is 1.40 bits per heavy atom. The molecule has 1 heterocycles. The van der Waals surface area contributed by atoms with E-state index in [0.29, 0.717) is 19.4 Å². The molecule has 1 unspecified atom stereocenters. The number of hydrogen-bond donors (Lipinski definition) is 2. The Morgan fingerprint density at radius 3 is 2.90 bits per heavy atom. The van der Waals surface area contributed by atoms with E-state index < -0.39 is 11.4 Å². The molecule has 0 amide bonds. The van der Waals surface area contributed by atoms with Gasteiger partial charge in [0.25, 0.3) is 0 Å². The number of carbonyl (C=O) groups excluding carboxylic acids is 1. The Bertz CT molecular complexity index is 502. The first-order valence-corrected chi connectivity index (χ1v) is 6.84. The Labute approximate surface area is 117 Å². The standard InChI is InChI=1S/C15H20FNO3/c1-15(20)5-2-7-17(8-6-15)10-14(19)12-9-11(16)3-4-13(12)18/h3-4,9,18,20H,2,5-8,10H2,1H3. The van der Waals surface area contributed by atoms with E-state index in [0.717, 1.165) is 25.1 Å². The second-order valence-corrected chi connectivity index (χ2v) is 5.71. The SMILES string of the molecule is CC1(O)CCCN(CC(=O)c2cc(F)ccc2O)CC1. The molecule has 20 heavy (non-hydrogen) atoms. The van der Waals surface area contributed by atoms with Crippen LogP contribution >= 0.6 is 0 Å². The molecule has 1 saturated heterocycles. The maximum Gasteiger partial charge on any atom is 0.180 e. The number of aromatic hydroxyl groups is 1. The van der Waals surface area contributed by atoms with Gasteiger partial charge >= 0.3 is 0 Å². The van der Waals surface area contributed by atoms with Crippen LogP contribution in [-0.4, -0.2) is 46.1 Å². The second-order valence-electron chi connectivity index (χ2n) is 5.71. The lowest BCUT2D eigenvalue weighted by atomic mass is 9.98. The van der Waals surface area contributed by atoms with E-state index in [2.05, 4.69) is 0 Å². The molecule has 1 aliphatic rings. The maximum atomic E-state index is 13.1. The van der Waals surface area contributed by atoms with E-state index in [9.17, 15) is 19.4 Å². The van der Waals surface area contributed by atoms with Gasteiger partial charge in [-0.05, 0) is 50.9 Å². The van der Waals surface area contributed by atoms with Crippen LogP contribution in [0.3, 0.4) is 0 Å². The smallest absolute Gasteiger partial charge is 0.180 e. The molecule has 1 aliphatic heterocycles. The van der Waals surface area contributed by atoms with Gasteiger partial charge in [0.2, 0.25) is 0 Å². The number of benzene rings is 1. The zero-order valence-electron chi connectivity index (χ0n) is 11.6. The summed E-state index contributed by atoms with van der Waals surface area (Å²) < 4.78 is 13.1. The van der Waals surface area contributed by atoms with E-state index >= 15 is 0 Å². The predicted molar refractivity (Wildman–Crippen MR) is 73.3 cm³/mol. The Kier molecular flexibility index (Phi) is 4.40. The zero-order valence-corrected chi connectivity index (χ0v) is 11.6. The van der Waals surface area contributed by atoms with Crippen molar-refractivity contribution in [2.24, 2.45) is 0 Å². The van der Waals surface area contributed by atoms with Crippen LogP contribution in [0.15, 0.2) is 18.2 Å². The summed E-state index contributed by atoms with van der Waals surface area (Å²) in [6, 6.07) is 3.37.